The molecule has 2 aliphatic heterocycles. The number of anilines is 1. The molecule has 3 aromatic rings. The van der Waals surface area contributed by atoms with Crippen LogP contribution in [0.25, 0.3) is 10.8 Å². The number of nitrogens with zero attached hydrogens (tertiary/aromatic N) is 3. The lowest BCUT2D eigenvalue weighted by Crippen LogP contribution is -2.35. The van der Waals surface area contributed by atoms with Gasteiger partial charge in [0.25, 0.3) is 5.56 Å². The minimum absolute atomic E-state index is 0.0485. The first-order valence-electron chi connectivity index (χ1n) is 8.44. The van der Waals surface area contributed by atoms with E-state index in [0.29, 0.717) is 34.4 Å². The van der Waals surface area contributed by atoms with Crippen LogP contribution in [-0.4, -0.2) is 18.0 Å². The Kier molecular flexibility index (Phi) is 3.01. The van der Waals surface area contributed by atoms with Crippen molar-refractivity contribution < 1.29 is 9.47 Å². The van der Waals surface area contributed by atoms with Gasteiger partial charge in [0, 0.05) is 17.8 Å². The molecule has 26 heavy (non-hydrogen) atoms. The van der Waals surface area contributed by atoms with Crippen molar-refractivity contribution in [1.82, 2.24) is 4.68 Å². The van der Waals surface area contributed by atoms with Gasteiger partial charge in [-0.15, -0.1) is 0 Å². The summed E-state index contributed by atoms with van der Waals surface area (Å²) in [5, 5.41) is 12.9. The van der Waals surface area contributed by atoms with Crippen LogP contribution in [0.15, 0.2) is 47.3 Å². The Morgan fingerprint density at radius 2 is 1.81 bits per heavy atom. The van der Waals surface area contributed by atoms with Crippen molar-refractivity contribution in [2.45, 2.75) is 12.8 Å². The molecule has 0 bridgehead atoms. The van der Waals surface area contributed by atoms with Crippen molar-refractivity contribution >= 4 is 16.5 Å². The van der Waals surface area contributed by atoms with Crippen molar-refractivity contribution in [2.75, 3.05) is 18.3 Å². The minimum Gasteiger partial charge on any atom is -0.454 e. The Labute approximate surface area is 149 Å². The Morgan fingerprint density at radius 1 is 1.12 bits per heavy atom. The van der Waals surface area contributed by atoms with E-state index >= 15 is 0 Å². The molecule has 0 fully saturated rings. The molecule has 5 rings (SSSR count). The third-order valence-corrected chi connectivity index (χ3v) is 5.01. The largest absolute Gasteiger partial charge is 0.454 e. The quantitative estimate of drug-likeness (QED) is 0.678. The number of nitriles is 1. The van der Waals surface area contributed by atoms with Crippen LogP contribution in [0.2, 0.25) is 0 Å². The lowest BCUT2D eigenvalue weighted by atomic mass is 9.98. The van der Waals surface area contributed by atoms with Crippen LogP contribution < -0.4 is 20.0 Å². The smallest absolute Gasteiger partial charge is 0.277 e. The summed E-state index contributed by atoms with van der Waals surface area (Å²) in [6.45, 7) is 2.80. The summed E-state index contributed by atoms with van der Waals surface area (Å²) < 4.78 is 12.5. The zero-order chi connectivity index (χ0) is 17.8. The summed E-state index contributed by atoms with van der Waals surface area (Å²) >= 11 is 0. The van der Waals surface area contributed by atoms with E-state index in [0.717, 1.165) is 11.4 Å². The van der Waals surface area contributed by atoms with E-state index in [1.165, 1.54) is 0 Å². The van der Waals surface area contributed by atoms with Gasteiger partial charge in [-0.1, -0.05) is 25.1 Å². The summed E-state index contributed by atoms with van der Waals surface area (Å²) in [5.41, 5.74) is 2.03. The number of rotatable bonds is 1. The molecule has 0 saturated heterocycles. The Morgan fingerprint density at radius 3 is 2.50 bits per heavy atom. The topological polar surface area (TPSA) is 67.5 Å². The van der Waals surface area contributed by atoms with Gasteiger partial charge < -0.3 is 9.47 Å². The van der Waals surface area contributed by atoms with Gasteiger partial charge in [-0.05, 0) is 24.3 Å². The highest BCUT2D eigenvalue weighted by molar-refractivity contribution is 5.91. The van der Waals surface area contributed by atoms with Crippen molar-refractivity contribution in [1.29, 1.82) is 5.26 Å². The van der Waals surface area contributed by atoms with Crippen LogP contribution in [0.4, 0.5) is 5.69 Å². The van der Waals surface area contributed by atoms with Crippen LogP contribution in [0.5, 0.6) is 11.5 Å². The fourth-order valence-corrected chi connectivity index (χ4v) is 3.85. The molecule has 6 nitrogen and oxygen atoms in total. The van der Waals surface area contributed by atoms with Crippen LogP contribution in [0, 0.1) is 11.3 Å². The highest BCUT2D eigenvalue weighted by Gasteiger charge is 2.33. The zero-order valence-electron chi connectivity index (χ0n) is 14.1. The molecule has 1 atom stereocenters. The van der Waals surface area contributed by atoms with Gasteiger partial charge in [0.15, 0.2) is 11.5 Å². The second-order valence-corrected chi connectivity index (χ2v) is 6.56. The van der Waals surface area contributed by atoms with Gasteiger partial charge in [0.2, 0.25) is 6.79 Å². The maximum atomic E-state index is 13.3. The fourth-order valence-electron chi connectivity index (χ4n) is 3.85. The minimum atomic E-state index is -0.152. The van der Waals surface area contributed by atoms with Gasteiger partial charge >= 0.3 is 0 Å². The predicted molar refractivity (Wildman–Crippen MR) is 96.6 cm³/mol. The molecule has 0 aliphatic carbocycles. The number of aromatic nitrogens is 1. The molecule has 0 radical (unpaired) electrons. The SMILES string of the molecule is CC1CN(c2ccccc2)n2c1c(C#N)c1cc3c(cc1c2=O)OCO3. The lowest BCUT2D eigenvalue weighted by molar-refractivity contribution is 0.174. The Hall–Kier alpha value is -3.46. The van der Waals surface area contributed by atoms with Gasteiger partial charge in [-0.2, -0.15) is 5.26 Å². The molecule has 2 aliphatic rings. The third kappa shape index (κ3) is 1.88. The molecule has 0 amide bonds. The van der Waals surface area contributed by atoms with Crippen LogP contribution in [-0.2, 0) is 0 Å². The second kappa shape index (κ2) is 5.27. The number of pyridine rings is 1. The molecule has 1 aromatic heterocycles. The molecule has 2 aromatic carbocycles. The van der Waals surface area contributed by atoms with Crippen molar-refractivity contribution in [2.24, 2.45) is 0 Å². The molecular weight excluding hydrogens is 330 g/mol. The van der Waals surface area contributed by atoms with E-state index in [4.69, 9.17) is 9.47 Å². The zero-order valence-corrected chi connectivity index (χ0v) is 14.1. The monoisotopic (exact) mass is 345 g/mol. The van der Waals surface area contributed by atoms with Gasteiger partial charge in [-0.3, -0.25) is 9.80 Å². The third-order valence-electron chi connectivity index (χ3n) is 5.01. The van der Waals surface area contributed by atoms with Crippen LogP contribution in [0.1, 0.15) is 24.1 Å². The summed E-state index contributed by atoms with van der Waals surface area (Å²) in [7, 11) is 0. The maximum absolute atomic E-state index is 13.3. The normalized spacial score (nSPS) is 17.4. The molecule has 1 unspecified atom stereocenters. The van der Waals surface area contributed by atoms with Crippen molar-refractivity contribution in [3.8, 4) is 17.6 Å². The molecule has 0 spiro atoms. The average Bonchev–Trinajstić information content (AvgIpc) is 3.26. The van der Waals surface area contributed by atoms with Gasteiger partial charge in [-0.25, -0.2) is 4.68 Å². The number of benzene rings is 2. The first-order valence-corrected chi connectivity index (χ1v) is 8.44. The molecular formula is C20H15N3O3. The predicted octanol–water partition coefficient (Wildman–Crippen LogP) is 2.99. The van der Waals surface area contributed by atoms with Gasteiger partial charge in [0.1, 0.15) is 6.07 Å². The number of ether oxygens (including phenoxy) is 2. The van der Waals surface area contributed by atoms with Crippen LogP contribution in [0.3, 0.4) is 0 Å². The molecule has 3 heterocycles. The number of hydrogen-bond acceptors (Lipinski definition) is 5. The fraction of sp³-hybridized carbons (Fsp3) is 0.200. The number of fused-ring (bicyclic) bond motifs is 3. The van der Waals surface area contributed by atoms with Crippen molar-refractivity contribution in [3.63, 3.8) is 0 Å². The van der Waals surface area contributed by atoms with Crippen molar-refractivity contribution in [3.05, 3.63) is 64.1 Å². The number of para-hydroxylation sites is 1. The van der Waals surface area contributed by atoms with E-state index in [2.05, 4.69) is 6.07 Å². The first-order chi connectivity index (χ1) is 12.7. The van der Waals surface area contributed by atoms with E-state index in [1.54, 1.807) is 16.8 Å². The van der Waals surface area contributed by atoms with E-state index in [-0.39, 0.29) is 18.3 Å². The molecule has 0 saturated carbocycles. The van der Waals surface area contributed by atoms with Crippen LogP contribution >= 0.6 is 0 Å². The molecule has 128 valence electrons. The van der Waals surface area contributed by atoms with E-state index in [9.17, 15) is 10.1 Å². The average molecular weight is 345 g/mol. The summed E-state index contributed by atoms with van der Waals surface area (Å²) in [6, 6.07) is 15.5. The Balaban J connectivity index is 1.87. The van der Waals surface area contributed by atoms with E-state index < -0.39 is 0 Å². The summed E-state index contributed by atoms with van der Waals surface area (Å²) in [5.74, 6) is 1.16. The molecule has 6 heteroatoms. The maximum Gasteiger partial charge on any atom is 0.277 e. The summed E-state index contributed by atoms with van der Waals surface area (Å²) in [4.78, 5) is 13.3. The second-order valence-electron chi connectivity index (χ2n) is 6.56. The standard InChI is InChI=1S/C20H15N3O3/c1-12-10-22(13-5-3-2-4-6-13)23-19(12)16(9-21)14-7-17-18(26-11-25-17)8-15(14)20(23)24/h2-8,12H,10-11H2,1H3. The number of hydrogen-bond donors (Lipinski definition) is 0. The lowest BCUT2D eigenvalue weighted by Gasteiger charge is -2.22. The summed E-state index contributed by atoms with van der Waals surface area (Å²) in [6.07, 6.45) is 0. The van der Waals surface area contributed by atoms with Gasteiger partial charge in [0.05, 0.1) is 22.3 Å². The Bertz CT molecular complexity index is 1150. The first kappa shape index (κ1) is 14.8. The molecule has 0 N–H and O–H groups in total. The highest BCUT2D eigenvalue weighted by atomic mass is 16.7. The van der Waals surface area contributed by atoms with E-state index in [1.807, 2.05) is 42.3 Å². The highest BCUT2D eigenvalue weighted by Crippen LogP contribution is 2.39.